The van der Waals surface area contributed by atoms with E-state index in [0.29, 0.717) is 0 Å². The van der Waals surface area contributed by atoms with Crippen LogP contribution < -0.4 is 0 Å². The van der Waals surface area contributed by atoms with Gasteiger partial charge in [0.25, 0.3) is 5.91 Å². The number of benzene rings is 1. The predicted molar refractivity (Wildman–Crippen MR) is 89.3 cm³/mol. The van der Waals surface area contributed by atoms with Crippen LogP contribution in [-0.2, 0) is 14.4 Å². The quantitative estimate of drug-likeness (QED) is 0.778. The Balaban J connectivity index is 1.48. The molecule has 4 heteroatoms. The second kappa shape index (κ2) is 7.28. The van der Waals surface area contributed by atoms with Gasteiger partial charge in [0.1, 0.15) is 0 Å². The molecule has 0 aromatic heterocycles. The van der Waals surface area contributed by atoms with Gasteiger partial charge in [0, 0.05) is 13.0 Å². The second-order valence-corrected chi connectivity index (χ2v) is 6.46. The number of hydrogen-bond donors (Lipinski definition) is 0. The van der Waals surface area contributed by atoms with Crippen molar-refractivity contribution in [1.29, 1.82) is 0 Å². The van der Waals surface area contributed by atoms with Crippen molar-refractivity contribution in [2.24, 2.45) is 5.92 Å². The van der Waals surface area contributed by atoms with Gasteiger partial charge in [-0.25, -0.2) is 9.90 Å². The summed E-state index contributed by atoms with van der Waals surface area (Å²) in [4.78, 5) is 17.9. The highest BCUT2D eigenvalue weighted by Gasteiger charge is 2.46. The molecule has 1 unspecified atom stereocenters. The summed E-state index contributed by atoms with van der Waals surface area (Å²) < 4.78 is 5.53. The molecule has 2 saturated heterocycles. The van der Waals surface area contributed by atoms with Gasteiger partial charge in [0.05, 0.1) is 12.0 Å². The molecule has 3 rings (SSSR count). The number of aryl methyl sites for hydroxylation is 1. The maximum atomic E-state index is 12.2. The highest BCUT2D eigenvalue weighted by atomic mass is 16.8. The Labute approximate surface area is 138 Å². The maximum absolute atomic E-state index is 12.2. The van der Waals surface area contributed by atoms with Crippen LogP contribution in [0.15, 0.2) is 30.3 Å². The second-order valence-electron chi connectivity index (χ2n) is 6.46. The van der Waals surface area contributed by atoms with E-state index in [2.05, 4.69) is 43.3 Å². The fourth-order valence-electron chi connectivity index (χ4n) is 3.05. The summed E-state index contributed by atoms with van der Waals surface area (Å²) in [5, 5.41) is 1.50. The first-order chi connectivity index (χ1) is 11.1. The molecule has 2 aliphatic heterocycles. The number of ether oxygens (including phenoxy) is 1. The van der Waals surface area contributed by atoms with Gasteiger partial charge in [-0.2, -0.15) is 0 Å². The van der Waals surface area contributed by atoms with Gasteiger partial charge in [0.15, 0.2) is 6.29 Å². The van der Waals surface area contributed by atoms with E-state index in [9.17, 15) is 4.79 Å². The molecule has 2 heterocycles. The van der Waals surface area contributed by atoms with Crippen molar-refractivity contribution in [3.8, 4) is 0 Å². The molecule has 0 spiro atoms. The third-order valence-corrected chi connectivity index (χ3v) is 4.63. The Morgan fingerprint density at radius 2 is 2.09 bits per heavy atom. The molecular weight excluding hydrogens is 290 g/mol. The van der Waals surface area contributed by atoms with Crippen LogP contribution in [0.3, 0.4) is 0 Å². The van der Waals surface area contributed by atoms with Gasteiger partial charge in [-0.1, -0.05) is 42.0 Å². The smallest absolute Gasteiger partial charge is 0.252 e. The van der Waals surface area contributed by atoms with Crippen molar-refractivity contribution in [3.05, 3.63) is 41.5 Å². The third-order valence-electron chi connectivity index (χ3n) is 4.63. The zero-order chi connectivity index (χ0) is 16.2. The van der Waals surface area contributed by atoms with Gasteiger partial charge in [-0.3, -0.25) is 4.79 Å². The lowest BCUT2D eigenvalue weighted by Gasteiger charge is -2.45. The zero-order valence-electron chi connectivity index (χ0n) is 13.9. The van der Waals surface area contributed by atoms with E-state index in [4.69, 9.17) is 9.57 Å². The first-order valence-electron chi connectivity index (χ1n) is 8.50. The Bertz CT molecular complexity index is 560. The third kappa shape index (κ3) is 3.82. The molecule has 0 N–H and O–H groups in total. The van der Waals surface area contributed by atoms with E-state index in [1.807, 2.05) is 6.92 Å². The minimum atomic E-state index is -0.251. The summed E-state index contributed by atoms with van der Waals surface area (Å²) in [6, 6.07) is 8.48. The van der Waals surface area contributed by atoms with E-state index in [1.54, 1.807) is 0 Å². The van der Waals surface area contributed by atoms with Gasteiger partial charge >= 0.3 is 0 Å². The average molecular weight is 315 g/mol. The number of allylic oxidation sites excluding steroid dienone is 1. The molecule has 4 nitrogen and oxygen atoms in total. The number of hydroxylamine groups is 2. The van der Waals surface area contributed by atoms with Crippen LogP contribution in [0.25, 0.3) is 6.08 Å². The fourth-order valence-corrected chi connectivity index (χ4v) is 3.05. The average Bonchev–Trinajstić information content (AvgIpc) is 2.59. The van der Waals surface area contributed by atoms with Crippen LogP contribution in [-0.4, -0.2) is 29.9 Å². The number of hydrogen-bond acceptors (Lipinski definition) is 3. The zero-order valence-corrected chi connectivity index (χ0v) is 13.9. The summed E-state index contributed by atoms with van der Waals surface area (Å²) in [6.07, 6.45) is 7.71. The molecule has 1 amide bonds. The number of rotatable bonds is 5. The van der Waals surface area contributed by atoms with Crippen molar-refractivity contribution >= 4 is 12.0 Å². The standard InChI is InChI=1S/C19H25NO3/c1-14-9-11-16(12-10-14)6-5-7-17-15(2)20(19(17)21)23-18-8-3-4-13-22-18/h5-6,9-12,15,17-18H,3-4,7-8,13H2,1-2H3/t15-,17+,18?/m0/s1. The molecular formula is C19H25NO3. The van der Waals surface area contributed by atoms with Crippen LogP contribution in [0.4, 0.5) is 0 Å². The van der Waals surface area contributed by atoms with Crippen molar-refractivity contribution < 1.29 is 14.4 Å². The minimum Gasteiger partial charge on any atom is -0.350 e. The first kappa shape index (κ1) is 16.2. The van der Waals surface area contributed by atoms with Crippen LogP contribution in [0, 0.1) is 12.8 Å². The monoisotopic (exact) mass is 315 g/mol. The van der Waals surface area contributed by atoms with Crippen LogP contribution in [0.1, 0.15) is 43.7 Å². The lowest BCUT2D eigenvalue weighted by molar-refractivity contribution is -0.316. The summed E-state index contributed by atoms with van der Waals surface area (Å²) >= 11 is 0. The number of nitrogens with zero attached hydrogens (tertiary/aromatic N) is 1. The molecule has 1 aromatic rings. The Morgan fingerprint density at radius 3 is 2.74 bits per heavy atom. The molecule has 124 valence electrons. The van der Waals surface area contributed by atoms with Crippen molar-refractivity contribution in [1.82, 2.24) is 5.06 Å². The lowest BCUT2D eigenvalue weighted by Crippen LogP contribution is -2.60. The number of amides is 1. The SMILES string of the molecule is Cc1ccc(C=CC[C@H]2C(=O)N(OC3CCCCO3)[C@H]2C)cc1. The van der Waals surface area contributed by atoms with Gasteiger partial charge in [-0.05, 0) is 38.7 Å². The first-order valence-corrected chi connectivity index (χ1v) is 8.50. The predicted octanol–water partition coefficient (Wildman–Crippen LogP) is 3.70. The summed E-state index contributed by atoms with van der Waals surface area (Å²) in [5.41, 5.74) is 2.42. The molecule has 0 bridgehead atoms. The van der Waals surface area contributed by atoms with Crippen LogP contribution >= 0.6 is 0 Å². The largest absolute Gasteiger partial charge is 0.350 e. The van der Waals surface area contributed by atoms with Crippen LogP contribution in [0.5, 0.6) is 0 Å². The fraction of sp³-hybridized carbons (Fsp3) is 0.526. The summed E-state index contributed by atoms with van der Waals surface area (Å²) in [5.74, 6) is 0.0838. The molecule has 1 aromatic carbocycles. The van der Waals surface area contributed by atoms with E-state index in [-0.39, 0.29) is 24.2 Å². The van der Waals surface area contributed by atoms with E-state index in [1.165, 1.54) is 16.2 Å². The number of β-lactam (4-membered cyclic amide) rings is 1. The maximum Gasteiger partial charge on any atom is 0.252 e. The van der Waals surface area contributed by atoms with Gasteiger partial charge in [-0.15, -0.1) is 0 Å². The van der Waals surface area contributed by atoms with Crippen LogP contribution in [0.2, 0.25) is 0 Å². The molecule has 23 heavy (non-hydrogen) atoms. The lowest BCUT2D eigenvalue weighted by atomic mass is 9.88. The molecule has 2 fully saturated rings. The van der Waals surface area contributed by atoms with Gasteiger partial charge < -0.3 is 4.74 Å². The molecule has 0 aliphatic carbocycles. The molecule has 3 atom stereocenters. The summed E-state index contributed by atoms with van der Waals surface area (Å²) in [6.45, 7) is 4.84. The molecule has 0 radical (unpaired) electrons. The number of carbonyl (C=O) groups is 1. The Kier molecular flexibility index (Phi) is 5.13. The topological polar surface area (TPSA) is 38.8 Å². The normalized spacial score (nSPS) is 28.2. The van der Waals surface area contributed by atoms with E-state index in [0.717, 1.165) is 32.3 Å². The van der Waals surface area contributed by atoms with E-state index < -0.39 is 0 Å². The van der Waals surface area contributed by atoms with Crippen molar-refractivity contribution in [2.45, 2.75) is 51.9 Å². The number of carbonyl (C=O) groups excluding carboxylic acids is 1. The summed E-state index contributed by atoms with van der Waals surface area (Å²) in [7, 11) is 0. The van der Waals surface area contributed by atoms with Crippen molar-refractivity contribution in [2.75, 3.05) is 6.61 Å². The van der Waals surface area contributed by atoms with Crippen molar-refractivity contribution in [3.63, 3.8) is 0 Å². The molecule has 0 saturated carbocycles. The highest BCUT2D eigenvalue weighted by molar-refractivity contribution is 5.85. The Morgan fingerprint density at radius 1 is 1.30 bits per heavy atom. The Hall–Kier alpha value is -1.65. The van der Waals surface area contributed by atoms with E-state index >= 15 is 0 Å². The van der Waals surface area contributed by atoms with Gasteiger partial charge in [0.2, 0.25) is 0 Å². The highest BCUT2D eigenvalue weighted by Crippen LogP contribution is 2.32. The minimum absolute atomic E-state index is 0.0142. The molecule has 2 aliphatic rings.